The van der Waals surface area contributed by atoms with Crippen molar-refractivity contribution in [3.8, 4) is 11.5 Å². The second-order valence-electron chi connectivity index (χ2n) is 5.99. The Bertz CT molecular complexity index is 449. The van der Waals surface area contributed by atoms with Gasteiger partial charge in [-0.15, -0.1) is 0 Å². The van der Waals surface area contributed by atoms with Crippen molar-refractivity contribution in [2.75, 3.05) is 13.7 Å². The van der Waals surface area contributed by atoms with Crippen molar-refractivity contribution in [3.05, 3.63) is 23.8 Å². The number of aliphatic hydroxyl groups excluding tert-OH is 1. The number of hydrogen-bond acceptors (Lipinski definition) is 4. The first-order valence-corrected chi connectivity index (χ1v) is 7.30. The van der Waals surface area contributed by atoms with Gasteiger partial charge in [-0.2, -0.15) is 0 Å². The Hall–Kier alpha value is -1.26. The predicted octanol–water partition coefficient (Wildman–Crippen LogP) is 2.43. The number of rotatable bonds is 5. The highest BCUT2D eigenvalue weighted by Crippen LogP contribution is 2.36. The monoisotopic (exact) mass is 279 g/mol. The SMILES string of the molecule is COc1cccc(CNCC2(C)CCCCC2O)c1O. The Labute approximate surface area is 120 Å². The lowest BCUT2D eigenvalue weighted by Gasteiger charge is -2.38. The number of aromatic hydroxyl groups is 1. The maximum Gasteiger partial charge on any atom is 0.162 e. The topological polar surface area (TPSA) is 61.7 Å². The van der Waals surface area contributed by atoms with Gasteiger partial charge >= 0.3 is 0 Å². The van der Waals surface area contributed by atoms with Gasteiger partial charge in [-0.05, 0) is 18.9 Å². The van der Waals surface area contributed by atoms with Crippen molar-refractivity contribution in [1.82, 2.24) is 5.32 Å². The molecule has 1 aromatic rings. The van der Waals surface area contributed by atoms with Crippen LogP contribution in [0.2, 0.25) is 0 Å². The highest BCUT2D eigenvalue weighted by atomic mass is 16.5. The van der Waals surface area contributed by atoms with E-state index in [1.165, 1.54) is 6.42 Å². The second kappa shape index (κ2) is 6.46. The summed E-state index contributed by atoms with van der Waals surface area (Å²) in [5.41, 5.74) is 0.755. The number of nitrogens with one attached hydrogen (secondary N) is 1. The van der Waals surface area contributed by atoms with Crippen LogP contribution in [0.1, 0.15) is 38.2 Å². The molecule has 0 aliphatic heterocycles. The highest BCUT2D eigenvalue weighted by Gasteiger charge is 2.34. The first-order valence-electron chi connectivity index (χ1n) is 7.30. The first-order chi connectivity index (χ1) is 9.57. The van der Waals surface area contributed by atoms with Gasteiger partial charge in [0.1, 0.15) is 0 Å². The van der Waals surface area contributed by atoms with Crippen molar-refractivity contribution in [2.24, 2.45) is 5.41 Å². The van der Waals surface area contributed by atoms with Crippen molar-refractivity contribution >= 4 is 0 Å². The predicted molar refractivity (Wildman–Crippen MR) is 78.9 cm³/mol. The van der Waals surface area contributed by atoms with Crippen molar-refractivity contribution in [1.29, 1.82) is 0 Å². The van der Waals surface area contributed by atoms with E-state index >= 15 is 0 Å². The number of hydrogen-bond donors (Lipinski definition) is 3. The van der Waals surface area contributed by atoms with Crippen LogP contribution in [0, 0.1) is 5.41 Å². The van der Waals surface area contributed by atoms with E-state index in [0.29, 0.717) is 12.3 Å². The lowest BCUT2D eigenvalue weighted by molar-refractivity contribution is 0.00113. The van der Waals surface area contributed by atoms with Crippen LogP contribution in [0.25, 0.3) is 0 Å². The molecule has 112 valence electrons. The molecular weight excluding hydrogens is 254 g/mol. The Morgan fingerprint density at radius 1 is 1.40 bits per heavy atom. The van der Waals surface area contributed by atoms with Gasteiger partial charge in [0.05, 0.1) is 13.2 Å². The summed E-state index contributed by atoms with van der Waals surface area (Å²) in [6, 6.07) is 5.49. The van der Waals surface area contributed by atoms with E-state index < -0.39 is 0 Å². The third-order valence-electron chi connectivity index (χ3n) is 4.43. The fourth-order valence-corrected chi connectivity index (χ4v) is 2.95. The summed E-state index contributed by atoms with van der Waals surface area (Å²) in [5.74, 6) is 0.685. The molecule has 1 aromatic carbocycles. The largest absolute Gasteiger partial charge is 0.504 e. The van der Waals surface area contributed by atoms with Gasteiger partial charge in [0.15, 0.2) is 11.5 Å². The average molecular weight is 279 g/mol. The molecule has 1 aliphatic carbocycles. The minimum absolute atomic E-state index is 0.0628. The zero-order valence-electron chi connectivity index (χ0n) is 12.4. The average Bonchev–Trinajstić information content (AvgIpc) is 2.44. The highest BCUT2D eigenvalue weighted by molar-refractivity contribution is 5.45. The Balaban J connectivity index is 1.93. The van der Waals surface area contributed by atoms with Crippen molar-refractivity contribution in [3.63, 3.8) is 0 Å². The van der Waals surface area contributed by atoms with Crippen LogP contribution in [0.4, 0.5) is 0 Å². The summed E-state index contributed by atoms with van der Waals surface area (Å²) in [4.78, 5) is 0. The van der Waals surface area contributed by atoms with Crippen LogP contribution in [0.5, 0.6) is 11.5 Å². The molecular formula is C16H25NO3. The summed E-state index contributed by atoms with van der Waals surface area (Å²) in [6.45, 7) is 3.46. The van der Waals surface area contributed by atoms with E-state index in [-0.39, 0.29) is 17.3 Å². The van der Waals surface area contributed by atoms with E-state index in [4.69, 9.17) is 4.74 Å². The van der Waals surface area contributed by atoms with Gasteiger partial charge in [-0.25, -0.2) is 0 Å². The third kappa shape index (κ3) is 3.25. The van der Waals surface area contributed by atoms with Crippen LogP contribution in [-0.2, 0) is 6.54 Å². The molecule has 4 nitrogen and oxygen atoms in total. The maximum absolute atomic E-state index is 10.2. The molecule has 0 spiro atoms. The zero-order chi connectivity index (χ0) is 14.6. The number of aliphatic hydroxyl groups is 1. The van der Waals surface area contributed by atoms with Gasteiger partial charge in [-0.1, -0.05) is 31.9 Å². The second-order valence-corrected chi connectivity index (χ2v) is 5.99. The van der Waals surface area contributed by atoms with Crippen LogP contribution in [0.15, 0.2) is 18.2 Å². The van der Waals surface area contributed by atoms with E-state index in [2.05, 4.69) is 12.2 Å². The van der Waals surface area contributed by atoms with Gasteiger partial charge in [0.2, 0.25) is 0 Å². The van der Waals surface area contributed by atoms with Crippen molar-refractivity contribution in [2.45, 2.75) is 45.3 Å². The quantitative estimate of drug-likeness (QED) is 0.774. The van der Waals surface area contributed by atoms with Crippen LogP contribution in [-0.4, -0.2) is 30.0 Å². The fourth-order valence-electron chi connectivity index (χ4n) is 2.95. The minimum Gasteiger partial charge on any atom is -0.504 e. The lowest BCUT2D eigenvalue weighted by atomic mass is 9.73. The van der Waals surface area contributed by atoms with E-state index in [1.54, 1.807) is 13.2 Å². The Morgan fingerprint density at radius 2 is 2.20 bits per heavy atom. The number of benzene rings is 1. The molecule has 0 radical (unpaired) electrons. The molecule has 1 saturated carbocycles. The van der Waals surface area contributed by atoms with E-state index in [0.717, 1.165) is 31.4 Å². The first kappa shape index (κ1) is 15.1. The standard InChI is InChI=1S/C16H25NO3/c1-16(9-4-3-8-14(16)18)11-17-10-12-6-5-7-13(20-2)15(12)19/h5-7,14,17-19H,3-4,8-11H2,1-2H3. The molecule has 1 aliphatic rings. The molecule has 3 N–H and O–H groups in total. The summed E-state index contributed by atoms with van der Waals surface area (Å²) < 4.78 is 5.10. The number of ether oxygens (including phenoxy) is 1. The molecule has 0 heterocycles. The molecule has 0 bridgehead atoms. The molecule has 0 amide bonds. The molecule has 2 rings (SSSR count). The zero-order valence-corrected chi connectivity index (χ0v) is 12.4. The summed E-state index contributed by atoms with van der Waals surface area (Å²) in [7, 11) is 1.55. The molecule has 20 heavy (non-hydrogen) atoms. The van der Waals surface area contributed by atoms with Crippen LogP contribution in [0.3, 0.4) is 0 Å². The Kier molecular flexibility index (Phi) is 4.89. The van der Waals surface area contributed by atoms with E-state index in [9.17, 15) is 10.2 Å². The van der Waals surface area contributed by atoms with Gasteiger partial charge < -0.3 is 20.3 Å². The van der Waals surface area contributed by atoms with Crippen LogP contribution >= 0.6 is 0 Å². The molecule has 0 saturated heterocycles. The molecule has 2 atom stereocenters. The molecule has 4 heteroatoms. The lowest BCUT2D eigenvalue weighted by Crippen LogP contribution is -2.43. The summed E-state index contributed by atoms with van der Waals surface area (Å²) in [6.07, 6.45) is 4.00. The maximum atomic E-state index is 10.2. The number of phenolic OH excluding ortho intramolecular Hbond substituents is 1. The van der Waals surface area contributed by atoms with Crippen molar-refractivity contribution < 1.29 is 14.9 Å². The Morgan fingerprint density at radius 3 is 2.90 bits per heavy atom. The van der Waals surface area contributed by atoms with Gasteiger partial charge in [-0.3, -0.25) is 0 Å². The number of para-hydroxylation sites is 1. The van der Waals surface area contributed by atoms with Gasteiger partial charge in [0, 0.05) is 24.1 Å². The molecule has 0 aromatic heterocycles. The third-order valence-corrected chi connectivity index (χ3v) is 4.43. The minimum atomic E-state index is -0.234. The van der Waals surface area contributed by atoms with Gasteiger partial charge in [0.25, 0.3) is 0 Å². The molecule has 1 fully saturated rings. The summed E-state index contributed by atoms with van der Waals surface area (Å²) in [5, 5.41) is 23.5. The number of methoxy groups -OCH3 is 1. The van der Waals surface area contributed by atoms with Crippen LogP contribution < -0.4 is 10.1 Å². The number of phenols is 1. The molecule has 2 unspecified atom stereocenters. The van der Waals surface area contributed by atoms with E-state index in [1.807, 2.05) is 12.1 Å². The normalized spacial score (nSPS) is 26.4. The fraction of sp³-hybridized carbons (Fsp3) is 0.625. The summed E-state index contributed by atoms with van der Waals surface area (Å²) >= 11 is 0. The smallest absolute Gasteiger partial charge is 0.162 e.